The highest BCUT2D eigenvalue weighted by Gasteiger charge is 2.17. The molecule has 2 aromatic rings. The zero-order valence-corrected chi connectivity index (χ0v) is 10.7. The van der Waals surface area contributed by atoms with E-state index in [9.17, 15) is 17.2 Å². The third-order valence-corrected chi connectivity index (χ3v) is 3.77. The number of hydrogen-bond donors (Lipinski definition) is 1. The molecule has 0 aromatic heterocycles. The number of benzene rings is 2. The number of halogens is 2. The van der Waals surface area contributed by atoms with Crippen LogP contribution in [0, 0.1) is 11.6 Å². The van der Waals surface area contributed by atoms with Gasteiger partial charge in [-0.25, -0.2) is 17.2 Å². The van der Waals surface area contributed by atoms with Gasteiger partial charge in [0.25, 0.3) is 0 Å². The second-order valence-electron chi connectivity index (χ2n) is 4.06. The molecule has 2 rings (SSSR count). The molecular weight excluding hydrogens is 274 g/mol. The lowest BCUT2D eigenvalue weighted by atomic mass is 10.1. The Labute approximate surface area is 109 Å². The third-order valence-electron chi connectivity index (χ3n) is 2.61. The van der Waals surface area contributed by atoms with Crippen molar-refractivity contribution in [2.24, 2.45) is 0 Å². The van der Waals surface area contributed by atoms with Crippen LogP contribution >= 0.6 is 0 Å². The van der Waals surface area contributed by atoms with Gasteiger partial charge in [0.2, 0.25) is 0 Å². The van der Waals surface area contributed by atoms with Crippen LogP contribution in [0.1, 0.15) is 0 Å². The fraction of sp³-hybridized carbons (Fsp3) is 0.0769. The van der Waals surface area contributed by atoms with Crippen LogP contribution in [-0.4, -0.2) is 19.8 Å². The molecule has 0 aliphatic carbocycles. The van der Waals surface area contributed by atoms with E-state index in [2.05, 4.69) is 0 Å². The quantitative estimate of drug-likeness (QED) is 0.922. The number of hydrogen-bond acceptors (Lipinski definition) is 3. The molecule has 0 heterocycles. The maximum absolute atomic E-state index is 13.3. The van der Waals surface area contributed by atoms with Crippen molar-refractivity contribution in [2.45, 2.75) is 4.90 Å². The van der Waals surface area contributed by atoms with Crippen LogP contribution in [0.4, 0.5) is 8.78 Å². The number of sulfone groups is 1. The Morgan fingerprint density at radius 2 is 1.58 bits per heavy atom. The van der Waals surface area contributed by atoms with Crippen molar-refractivity contribution >= 4 is 9.84 Å². The van der Waals surface area contributed by atoms with E-state index >= 15 is 0 Å². The standard InChI is InChI=1S/C13H10F2O3S/c1-19(17,18)12-5-3-2-4-9(12)8-6-10(14)13(16)11(15)7-8/h2-7,16H,1H3. The van der Waals surface area contributed by atoms with E-state index in [1.54, 1.807) is 6.07 Å². The third kappa shape index (κ3) is 2.58. The summed E-state index contributed by atoms with van der Waals surface area (Å²) in [7, 11) is -3.52. The zero-order chi connectivity index (χ0) is 14.2. The maximum Gasteiger partial charge on any atom is 0.187 e. The molecule has 0 atom stereocenters. The molecule has 0 spiro atoms. The molecule has 0 amide bonds. The minimum Gasteiger partial charge on any atom is -0.503 e. The number of aromatic hydroxyl groups is 1. The van der Waals surface area contributed by atoms with Crippen molar-refractivity contribution in [1.29, 1.82) is 0 Å². The van der Waals surface area contributed by atoms with Crippen LogP contribution in [0.25, 0.3) is 11.1 Å². The Kier molecular flexibility index (Phi) is 3.28. The Morgan fingerprint density at radius 1 is 1.05 bits per heavy atom. The molecule has 100 valence electrons. The van der Waals surface area contributed by atoms with Gasteiger partial charge in [-0.1, -0.05) is 18.2 Å². The van der Waals surface area contributed by atoms with Gasteiger partial charge in [-0.15, -0.1) is 0 Å². The topological polar surface area (TPSA) is 54.4 Å². The lowest BCUT2D eigenvalue weighted by molar-refractivity contribution is 0.396. The van der Waals surface area contributed by atoms with Crippen molar-refractivity contribution in [2.75, 3.05) is 6.26 Å². The van der Waals surface area contributed by atoms with Gasteiger partial charge >= 0.3 is 0 Å². The monoisotopic (exact) mass is 284 g/mol. The van der Waals surface area contributed by atoms with Gasteiger partial charge in [0.15, 0.2) is 27.2 Å². The van der Waals surface area contributed by atoms with Crippen molar-refractivity contribution in [1.82, 2.24) is 0 Å². The maximum atomic E-state index is 13.3. The van der Waals surface area contributed by atoms with E-state index in [4.69, 9.17) is 5.11 Å². The molecule has 0 saturated heterocycles. The van der Waals surface area contributed by atoms with E-state index in [1.807, 2.05) is 0 Å². The smallest absolute Gasteiger partial charge is 0.187 e. The summed E-state index contributed by atoms with van der Waals surface area (Å²) in [5.74, 6) is -3.36. The number of phenolic OH excluding ortho intramolecular Hbond substituents is 1. The zero-order valence-electron chi connectivity index (χ0n) is 9.89. The van der Waals surface area contributed by atoms with E-state index in [0.717, 1.165) is 18.4 Å². The first-order chi connectivity index (χ1) is 8.80. The first-order valence-corrected chi connectivity index (χ1v) is 7.17. The van der Waals surface area contributed by atoms with E-state index in [0.29, 0.717) is 0 Å². The van der Waals surface area contributed by atoms with E-state index in [-0.39, 0.29) is 16.0 Å². The van der Waals surface area contributed by atoms with Gasteiger partial charge in [-0.3, -0.25) is 0 Å². The minimum absolute atomic E-state index is 0.0283. The summed E-state index contributed by atoms with van der Waals surface area (Å²) in [6.07, 6.45) is 1.01. The van der Waals surface area contributed by atoms with Crippen LogP contribution in [0.3, 0.4) is 0 Å². The van der Waals surface area contributed by atoms with Crippen LogP contribution in [0.2, 0.25) is 0 Å². The Hall–Kier alpha value is -1.95. The minimum atomic E-state index is -3.52. The molecule has 0 radical (unpaired) electrons. The van der Waals surface area contributed by atoms with Gasteiger partial charge in [-0.2, -0.15) is 0 Å². The summed E-state index contributed by atoms with van der Waals surface area (Å²) in [4.78, 5) is -0.0283. The fourth-order valence-corrected chi connectivity index (χ4v) is 2.66. The van der Waals surface area contributed by atoms with Crippen LogP contribution in [0.15, 0.2) is 41.3 Å². The van der Waals surface area contributed by atoms with Crippen molar-refractivity contribution < 1.29 is 22.3 Å². The average Bonchev–Trinajstić information content (AvgIpc) is 2.34. The summed E-state index contributed by atoms with van der Waals surface area (Å²) >= 11 is 0. The van der Waals surface area contributed by atoms with E-state index < -0.39 is 27.2 Å². The first-order valence-electron chi connectivity index (χ1n) is 5.28. The van der Waals surface area contributed by atoms with Gasteiger partial charge in [0.05, 0.1) is 4.90 Å². The summed E-state index contributed by atoms with van der Waals surface area (Å²) in [5, 5.41) is 9.04. The Morgan fingerprint density at radius 3 is 2.11 bits per heavy atom. The second kappa shape index (κ2) is 4.62. The Bertz CT molecular complexity index is 716. The highest BCUT2D eigenvalue weighted by atomic mass is 32.2. The molecule has 0 saturated carbocycles. The van der Waals surface area contributed by atoms with Crippen molar-refractivity contribution in [3.63, 3.8) is 0 Å². The van der Waals surface area contributed by atoms with E-state index in [1.165, 1.54) is 18.2 Å². The van der Waals surface area contributed by atoms with Crippen molar-refractivity contribution in [3.05, 3.63) is 48.0 Å². The predicted octanol–water partition coefficient (Wildman–Crippen LogP) is 2.74. The summed E-state index contributed by atoms with van der Waals surface area (Å²) in [6, 6.07) is 7.67. The molecule has 0 fully saturated rings. The van der Waals surface area contributed by atoms with Crippen LogP contribution in [0.5, 0.6) is 5.75 Å². The van der Waals surface area contributed by atoms with Gasteiger partial charge in [0, 0.05) is 11.8 Å². The SMILES string of the molecule is CS(=O)(=O)c1ccccc1-c1cc(F)c(O)c(F)c1. The second-order valence-corrected chi connectivity index (χ2v) is 6.04. The lowest BCUT2D eigenvalue weighted by Gasteiger charge is -2.09. The summed E-state index contributed by atoms with van der Waals surface area (Å²) in [5.41, 5.74) is 0.233. The average molecular weight is 284 g/mol. The largest absolute Gasteiger partial charge is 0.503 e. The van der Waals surface area contributed by atoms with Gasteiger partial charge in [0.1, 0.15) is 0 Å². The number of phenols is 1. The molecule has 3 nitrogen and oxygen atoms in total. The Balaban J connectivity index is 2.74. The summed E-state index contributed by atoms with van der Waals surface area (Å²) < 4.78 is 49.9. The van der Waals surface area contributed by atoms with Crippen LogP contribution in [-0.2, 0) is 9.84 Å². The first kappa shape index (κ1) is 13.5. The molecule has 0 aliphatic heterocycles. The highest BCUT2D eigenvalue weighted by Crippen LogP contribution is 2.31. The number of rotatable bonds is 2. The van der Waals surface area contributed by atoms with Crippen LogP contribution < -0.4 is 0 Å². The molecule has 0 aliphatic rings. The molecule has 6 heteroatoms. The van der Waals surface area contributed by atoms with Gasteiger partial charge in [-0.05, 0) is 23.8 Å². The molecular formula is C13H10F2O3S. The molecule has 2 aromatic carbocycles. The summed E-state index contributed by atoms with van der Waals surface area (Å²) in [6.45, 7) is 0. The van der Waals surface area contributed by atoms with Crippen molar-refractivity contribution in [3.8, 4) is 16.9 Å². The fourth-order valence-electron chi connectivity index (χ4n) is 1.75. The normalized spacial score (nSPS) is 11.5. The molecule has 0 unspecified atom stereocenters. The predicted molar refractivity (Wildman–Crippen MR) is 66.6 cm³/mol. The van der Waals surface area contributed by atoms with Gasteiger partial charge < -0.3 is 5.11 Å². The molecule has 19 heavy (non-hydrogen) atoms. The highest BCUT2D eigenvalue weighted by molar-refractivity contribution is 7.90. The lowest BCUT2D eigenvalue weighted by Crippen LogP contribution is -2.00. The molecule has 0 bridgehead atoms. The molecule has 1 N–H and O–H groups in total.